The van der Waals surface area contributed by atoms with Crippen LogP contribution >= 0.6 is 0 Å². The summed E-state index contributed by atoms with van der Waals surface area (Å²) in [5, 5.41) is 19.7. The molecule has 1 aromatic carbocycles. The second-order valence-corrected chi connectivity index (χ2v) is 8.27. The quantitative estimate of drug-likeness (QED) is 0.402. The Labute approximate surface area is 191 Å². The van der Waals surface area contributed by atoms with Crippen LogP contribution < -0.4 is 16.1 Å². The minimum absolute atomic E-state index is 0.0685. The molecule has 0 unspecified atom stereocenters. The Kier molecular flexibility index (Phi) is 6.63. The number of hydrazone groups is 1. The van der Waals surface area contributed by atoms with Crippen LogP contribution in [0.3, 0.4) is 0 Å². The molecule has 0 saturated carbocycles. The summed E-state index contributed by atoms with van der Waals surface area (Å²) in [4.78, 5) is 17.2. The van der Waals surface area contributed by atoms with Crippen molar-refractivity contribution in [2.75, 3.05) is 31.3 Å². The highest BCUT2D eigenvalue weighted by Crippen LogP contribution is 2.22. The third kappa shape index (κ3) is 5.00. The van der Waals surface area contributed by atoms with Crippen LogP contribution in [0.5, 0.6) is 0 Å². The van der Waals surface area contributed by atoms with Crippen LogP contribution in [-0.2, 0) is 6.54 Å². The molecule has 174 valence electrons. The molecule has 1 amide bonds. The number of aromatic nitrogens is 5. The predicted octanol–water partition coefficient (Wildman–Crippen LogP) is 1.44. The van der Waals surface area contributed by atoms with Crippen molar-refractivity contribution in [3.63, 3.8) is 0 Å². The van der Waals surface area contributed by atoms with E-state index in [-0.39, 0.29) is 17.3 Å². The van der Waals surface area contributed by atoms with E-state index in [1.54, 1.807) is 6.21 Å². The summed E-state index contributed by atoms with van der Waals surface area (Å²) in [6.45, 7) is 3.55. The Morgan fingerprint density at radius 2 is 2.09 bits per heavy atom. The fourth-order valence-corrected chi connectivity index (χ4v) is 3.79. The molecule has 0 bridgehead atoms. The first-order valence-electron chi connectivity index (χ1n) is 10.8. The average Bonchev–Trinajstić information content (AvgIpc) is 3.41. The molecule has 1 fully saturated rings. The number of rotatable bonds is 7. The van der Waals surface area contributed by atoms with Gasteiger partial charge in [0.05, 0.1) is 11.9 Å². The molecule has 3 aromatic rings. The van der Waals surface area contributed by atoms with Crippen LogP contribution in [0.2, 0.25) is 0 Å². The van der Waals surface area contributed by atoms with E-state index in [0.717, 1.165) is 30.6 Å². The summed E-state index contributed by atoms with van der Waals surface area (Å²) in [6.07, 6.45) is 4.95. The van der Waals surface area contributed by atoms with Gasteiger partial charge in [-0.25, -0.2) is 10.1 Å². The SMILES string of the molecule is C[C@@H]1CCCCN1Cc1c(C(=O)N/N=C/c2ccc(N(C)C)cc2)nnn1-c1nonc1N. The number of benzene rings is 1. The summed E-state index contributed by atoms with van der Waals surface area (Å²) < 4.78 is 6.13. The lowest BCUT2D eigenvalue weighted by atomic mass is 10.0. The standard InChI is InChI=1S/C21H28N10O2/c1-14-6-4-5-11-30(14)13-17-18(24-28-31(17)20-19(22)26-33-27-20)21(32)25-23-12-15-7-9-16(10-8-15)29(2)3/h7-10,12,14H,4-6,11,13H2,1-3H3,(H2,22,26)(H,25,32)/b23-12+/t14-/m1/s1. The number of nitrogens with zero attached hydrogens (tertiary/aromatic N) is 8. The predicted molar refractivity (Wildman–Crippen MR) is 123 cm³/mol. The molecule has 1 aliphatic heterocycles. The van der Waals surface area contributed by atoms with E-state index in [1.807, 2.05) is 43.3 Å². The first-order chi connectivity index (χ1) is 15.9. The fourth-order valence-electron chi connectivity index (χ4n) is 3.79. The van der Waals surface area contributed by atoms with Crippen molar-refractivity contribution in [2.24, 2.45) is 5.10 Å². The Balaban J connectivity index is 1.55. The van der Waals surface area contributed by atoms with Gasteiger partial charge in [-0.15, -0.1) is 5.10 Å². The Bertz CT molecular complexity index is 1120. The molecular weight excluding hydrogens is 424 g/mol. The van der Waals surface area contributed by atoms with Crippen LogP contribution in [0.15, 0.2) is 34.0 Å². The Morgan fingerprint density at radius 1 is 1.30 bits per heavy atom. The number of hydrogen-bond acceptors (Lipinski definition) is 10. The summed E-state index contributed by atoms with van der Waals surface area (Å²) >= 11 is 0. The molecule has 0 radical (unpaired) electrons. The summed E-state index contributed by atoms with van der Waals surface area (Å²) in [5.41, 5.74) is 11.0. The molecule has 4 rings (SSSR count). The number of carbonyl (C=O) groups excluding carboxylic acids is 1. The fraction of sp³-hybridized carbons (Fsp3) is 0.429. The second kappa shape index (κ2) is 9.77. The molecule has 1 aliphatic rings. The lowest BCUT2D eigenvalue weighted by Gasteiger charge is -2.33. The number of carbonyl (C=O) groups is 1. The molecule has 3 N–H and O–H groups in total. The van der Waals surface area contributed by atoms with Crippen LogP contribution in [-0.4, -0.2) is 69.0 Å². The van der Waals surface area contributed by atoms with Crippen molar-refractivity contribution in [1.82, 2.24) is 35.6 Å². The van der Waals surface area contributed by atoms with Crippen molar-refractivity contribution in [2.45, 2.75) is 38.8 Å². The number of anilines is 2. The van der Waals surface area contributed by atoms with Crippen molar-refractivity contribution >= 4 is 23.6 Å². The summed E-state index contributed by atoms with van der Waals surface area (Å²) in [6, 6.07) is 8.16. The highest BCUT2D eigenvalue weighted by atomic mass is 16.6. The number of amides is 1. The molecule has 0 spiro atoms. The van der Waals surface area contributed by atoms with Crippen molar-refractivity contribution in [3.8, 4) is 5.82 Å². The van der Waals surface area contributed by atoms with E-state index in [0.29, 0.717) is 18.3 Å². The first kappa shape index (κ1) is 22.4. The number of likely N-dealkylation sites (tertiary alicyclic amines) is 1. The number of hydrogen-bond donors (Lipinski definition) is 2. The number of piperidine rings is 1. The topological polar surface area (TPSA) is 144 Å². The molecule has 3 heterocycles. The van der Waals surface area contributed by atoms with E-state index < -0.39 is 5.91 Å². The average molecular weight is 453 g/mol. The largest absolute Gasteiger partial charge is 0.378 e. The van der Waals surface area contributed by atoms with Crippen molar-refractivity contribution < 1.29 is 9.42 Å². The van der Waals surface area contributed by atoms with Crippen LogP contribution in [0, 0.1) is 0 Å². The Morgan fingerprint density at radius 3 is 2.76 bits per heavy atom. The van der Waals surface area contributed by atoms with Gasteiger partial charge in [-0.2, -0.15) is 9.78 Å². The maximum absolute atomic E-state index is 12.9. The van der Waals surface area contributed by atoms with Gasteiger partial charge in [0.2, 0.25) is 11.6 Å². The zero-order valence-electron chi connectivity index (χ0n) is 19.0. The number of nitrogens with one attached hydrogen (secondary N) is 1. The molecule has 0 aliphatic carbocycles. The van der Waals surface area contributed by atoms with Crippen LogP contribution in [0.4, 0.5) is 11.5 Å². The van der Waals surface area contributed by atoms with Gasteiger partial charge in [-0.3, -0.25) is 9.69 Å². The monoisotopic (exact) mass is 452 g/mol. The van der Waals surface area contributed by atoms with Gasteiger partial charge in [0, 0.05) is 32.4 Å². The highest BCUT2D eigenvalue weighted by Gasteiger charge is 2.28. The van der Waals surface area contributed by atoms with Gasteiger partial charge in [-0.1, -0.05) is 23.8 Å². The first-order valence-corrected chi connectivity index (χ1v) is 10.8. The minimum Gasteiger partial charge on any atom is -0.378 e. The van der Waals surface area contributed by atoms with Gasteiger partial charge in [0.25, 0.3) is 5.91 Å². The maximum atomic E-state index is 12.9. The third-order valence-corrected chi connectivity index (χ3v) is 5.76. The number of nitrogen functional groups attached to an aromatic ring is 1. The van der Waals surface area contributed by atoms with E-state index in [1.165, 1.54) is 11.1 Å². The van der Waals surface area contributed by atoms with Crippen LogP contribution in [0.25, 0.3) is 5.82 Å². The lowest BCUT2D eigenvalue weighted by molar-refractivity contribution is 0.0945. The normalized spacial score (nSPS) is 16.9. The minimum atomic E-state index is -0.475. The molecule has 1 atom stereocenters. The van der Waals surface area contributed by atoms with Gasteiger partial charge in [0.15, 0.2) is 5.69 Å². The second-order valence-electron chi connectivity index (χ2n) is 8.27. The van der Waals surface area contributed by atoms with E-state index in [2.05, 4.69) is 43.0 Å². The van der Waals surface area contributed by atoms with Gasteiger partial charge < -0.3 is 10.6 Å². The summed E-state index contributed by atoms with van der Waals surface area (Å²) in [5.74, 6) is -0.207. The van der Waals surface area contributed by atoms with Gasteiger partial charge in [-0.05, 0) is 54.3 Å². The zero-order chi connectivity index (χ0) is 23.4. The summed E-state index contributed by atoms with van der Waals surface area (Å²) in [7, 11) is 3.95. The molecule has 1 saturated heterocycles. The molecule has 12 heteroatoms. The Hall–Kier alpha value is -3.80. The van der Waals surface area contributed by atoms with Crippen molar-refractivity contribution in [1.29, 1.82) is 0 Å². The molecule has 2 aromatic heterocycles. The highest BCUT2D eigenvalue weighted by molar-refractivity contribution is 5.94. The smallest absolute Gasteiger partial charge is 0.293 e. The van der Waals surface area contributed by atoms with Crippen LogP contribution in [0.1, 0.15) is 47.9 Å². The van der Waals surface area contributed by atoms with E-state index in [9.17, 15) is 4.79 Å². The molecule has 33 heavy (non-hydrogen) atoms. The van der Waals surface area contributed by atoms with Gasteiger partial charge in [0.1, 0.15) is 0 Å². The lowest BCUT2D eigenvalue weighted by Crippen LogP contribution is -2.38. The molecular formula is C21H28N10O2. The van der Waals surface area contributed by atoms with E-state index in [4.69, 9.17) is 10.4 Å². The molecule has 12 nitrogen and oxygen atoms in total. The van der Waals surface area contributed by atoms with E-state index >= 15 is 0 Å². The maximum Gasteiger partial charge on any atom is 0.293 e. The van der Waals surface area contributed by atoms with Crippen molar-refractivity contribution in [3.05, 3.63) is 41.2 Å². The third-order valence-electron chi connectivity index (χ3n) is 5.76. The number of nitrogens with two attached hydrogens (primary N) is 1. The zero-order valence-corrected chi connectivity index (χ0v) is 19.0. The van der Waals surface area contributed by atoms with Gasteiger partial charge >= 0.3 is 0 Å².